The summed E-state index contributed by atoms with van der Waals surface area (Å²) in [6.07, 6.45) is 0. The minimum atomic E-state index is 0.366. The van der Waals surface area contributed by atoms with Crippen LogP contribution in [0.25, 0.3) is 11.3 Å². The maximum absolute atomic E-state index is 5.84. The SMILES string of the molecule is CC(C)c1c(N)n[nH]c1-c1cscc1Br. The third-order valence-corrected chi connectivity index (χ3v) is 4.00. The Labute approximate surface area is 101 Å². The quantitative estimate of drug-likeness (QED) is 0.886. The van der Waals surface area contributed by atoms with Crippen LogP contribution in [0.3, 0.4) is 0 Å². The van der Waals surface area contributed by atoms with Crippen molar-refractivity contribution < 1.29 is 0 Å². The standard InChI is InChI=1S/C10H12BrN3S/c1-5(2)8-9(13-14-10(8)12)6-3-15-4-7(6)11/h3-5H,1-2H3,(H3,12,13,14). The smallest absolute Gasteiger partial charge is 0.149 e. The summed E-state index contributed by atoms with van der Waals surface area (Å²) in [6, 6.07) is 0. The Bertz CT molecular complexity index is 473. The van der Waals surface area contributed by atoms with E-state index in [1.54, 1.807) is 11.3 Å². The topological polar surface area (TPSA) is 54.7 Å². The summed E-state index contributed by atoms with van der Waals surface area (Å²) in [7, 11) is 0. The number of aromatic nitrogens is 2. The lowest BCUT2D eigenvalue weighted by atomic mass is 10.0. The van der Waals surface area contributed by atoms with Gasteiger partial charge in [-0.25, -0.2) is 0 Å². The van der Waals surface area contributed by atoms with Gasteiger partial charge in [0.05, 0.1) is 5.69 Å². The Kier molecular flexibility index (Phi) is 2.84. The molecule has 0 unspecified atom stereocenters. The number of H-pyrrole nitrogens is 1. The van der Waals surface area contributed by atoms with Gasteiger partial charge in [0.25, 0.3) is 0 Å². The largest absolute Gasteiger partial charge is 0.382 e. The molecule has 80 valence electrons. The number of halogens is 1. The van der Waals surface area contributed by atoms with E-state index in [1.165, 1.54) is 0 Å². The highest BCUT2D eigenvalue weighted by atomic mass is 79.9. The third-order valence-electron chi connectivity index (χ3n) is 2.29. The van der Waals surface area contributed by atoms with E-state index in [4.69, 9.17) is 5.73 Å². The minimum absolute atomic E-state index is 0.366. The minimum Gasteiger partial charge on any atom is -0.382 e. The number of hydrogen-bond acceptors (Lipinski definition) is 3. The zero-order chi connectivity index (χ0) is 11.0. The first kappa shape index (κ1) is 10.7. The van der Waals surface area contributed by atoms with E-state index in [0.29, 0.717) is 11.7 Å². The van der Waals surface area contributed by atoms with E-state index >= 15 is 0 Å². The second-order valence-electron chi connectivity index (χ2n) is 3.69. The zero-order valence-electron chi connectivity index (χ0n) is 8.54. The normalized spacial score (nSPS) is 11.2. The van der Waals surface area contributed by atoms with Crippen LogP contribution in [0, 0.1) is 0 Å². The van der Waals surface area contributed by atoms with Gasteiger partial charge in [0.2, 0.25) is 0 Å². The predicted octanol–water partition coefficient (Wildman–Crippen LogP) is 3.61. The van der Waals surface area contributed by atoms with Gasteiger partial charge in [-0.3, -0.25) is 5.10 Å². The summed E-state index contributed by atoms with van der Waals surface area (Å²) < 4.78 is 1.08. The maximum atomic E-state index is 5.84. The lowest BCUT2D eigenvalue weighted by molar-refractivity contribution is 0.873. The van der Waals surface area contributed by atoms with Crippen LogP contribution >= 0.6 is 27.3 Å². The van der Waals surface area contributed by atoms with E-state index in [0.717, 1.165) is 21.3 Å². The summed E-state index contributed by atoms with van der Waals surface area (Å²) in [4.78, 5) is 0. The van der Waals surface area contributed by atoms with Gasteiger partial charge in [0, 0.05) is 26.4 Å². The first-order valence-electron chi connectivity index (χ1n) is 4.67. The molecule has 0 atom stereocenters. The van der Waals surface area contributed by atoms with Crippen LogP contribution < -0.4 is 5.73 Å². The molecule has 2 heterocycles. The predicted molar refractivity (Wildman–Crippen MR) is 68.1 cm³/mol. The van der Waals surface area contributed by atoms with Crippen molar-refractivity contribution in [1.82, 2.24) is 10.2 Å². The molecule has 0 fully saturated rings. The molecule has 5 heteroatoms. The molecule has 0 saturated heterocycles. The van der Waals surface area contributed by atoms with Gasteiger partial charge in [0.1, 0.15) is 5.82 Å². The molecule has 15 heavy (non-hydrogen) atoms. The van der Waals surface area contributed by atoms with Crippen LogP contribution in [-0.2, 0) is 0 Å². The zero-order valence-corrected chi connectivity index (χ0v) is 10.9. The highest BCUT2D eigenvalue weighted by molar-refractivity contribution is 9.10. The van der Waals surface area contributed by atoms with Crippen molar-refractivity contribution in [2.75, 3.05) is 5.73 Å². The highest BCUT2D eigenvalue weighted by Gasteiger charge is 2.17. The number of anilines is 1. The lowest BCUT2D eigenvalue weighted by Crippen LogP contribution is -1.94. The molecule has 2 aromatic heterocycles. The Hall–Kier alpha value is -0.810. The van der Waals surface area contributed by atoms with Gasteiger partial charge in [-0.05, 0) is 21.8 Å². The molecule has 0 radical (unpaired) electrons. The van der Waals surface area contributed by atoms with Crippen LogP contribution in [0.5, 0.6) is 0 Å². The first-order valence-corrected chi connectivity index (χ1v) is 6.40. The molecule has 0 bridgehead atoms. The van der Waals surface area contributed by atoms with Crippen LogP contribution in [0.15, 0.2) is 15.2 Å². The van der Waals surface area contributed by atoms with Crippen LogP contribution in [0.1, 0.15) is 25.3 Å². The van der Waals surface area contributed by atoms with Gasteiger partial charge in [-0.2, -0.15) is 16.4 Å². The van der Waals surface area contributed by atoms with Crippen LogP contribution in [0.2, 0.25) is 0 Å². The third kappa shape index (κ3) is 1.81. The van der Waals surface area contributed by atoms with Crippen molar-refractivity contribution in [3.63, 3.8) is 0 Å². The molecule has 0 amide bonds. The molecule has 2 rings (SSSR count). The molecule has 3 N–H and O–H groups in total. The van der Waals surface area contributed by atoms with E-state index in [-0.39, 0.29) is 0 Å². The van der Waals surface area contributed by atoms with Crippen molar-refractivity contribution in [3.8, 4) is 11.3 Å². The highest BCUT2D eigenvalue weighted by Crippen LogP contribution is 2.37. The molecule has 0 aliphatic heterocycles. The van der Waals surface area contributed by atoms with Crippen molar-refractivity contribution in [2.24, 2.45) is 0 Å². The van der Waals surface area contributed by atoms with E-state index in [2.05, 4.69) is 50.7 Å². The van der Waals surface area contributed by atoms with Gasteiger partial charge in [-0.15, -0.1) is 0 Å². The summed E-state index contributed by atoms with van der Waals surface area (Å²) >= 11 is 5.17. The van der Waals surface area contributed by atoms with Crippen LogP contribution in [0.4, 0.5) is 5.82 Å². The maximum Gasteiger partial charge on any atom is 0.149 e. The van der Waals surface area contributed by atoms with E-state index in [9.17, 15) is 0 Å². The number of nitrogens with two attached hydrogens (primary N) is 1. The number of nitrogen functional groups attached to an aromatic ring is 1. The van der Waals surface area contributed by atoms with Crippen molar-refractivity contribution in [2.45, 2.75) is 19.8 Å². The molecular formula is C10H12BrN3S. The second-order valence-corrected chi connectivity index (χ2v) is 5.28. The molecule has 0 spiro atoms. The molecular weight excluding hydrogens is 274 g/mol. The summed E-state index contributed by atoms with van der Waals surface area (Å²) in [5.74, 6) is 0.962. The molecule has 0 aliphatic carbocycles. The van der Waals surface area contributed by atoms with Gasteiger partial charge in [-0.1, -0.05) is 13.8 Å². The average molecular weight is 286 g/mol. The van der Waals surface area contributed by atoms with E-state index in [1.807, 2.05) is 0 Å². The first-order chi connectivity index (χ1) is 7.11. The fourth-order valence-corrected chi connectivity index (χ4v) is 3.10. The number of nitrogens with zero attached hydrogens (tertiary/aromatic N) is 1. The molecule has 0 saturated carbocycles. The molecule has 0 aromatic carbocycles. The Morgan fingerprint density at radius 2 is 2.20 bits per heavy atom. The Morgan fingerprint density at radius 3 is 2.73 bits per heavy atom. The van der Waals surface area contributed by atoms with Gasteiger partial charge in [0.15, 0.2) is 0 Å². The van der Waals surface area contributed by atoms with Gasteiger partial charge < -0.3 is 5.73 Å². The molecule has 3 nitrogen and oxygen atoms in total. The van der Waals surface area contributed by atoms with Crippen molar-refractivity contribution >= 4 is 33.1 Å². The molecule has 2 aromatic rings. The van der Waals surface area contributed by atoms with Crippen molar-refractivity contribution in [1.29, 1.82) is 0 Å². The second kappa shape index (κ2) is 3.98. The molecule has 0 aliphatic rings. The van der Waals surface area contributed by atoms with Crippen molar-refractivity contribution in [3.05, 3.63) is 20.8 Å². The Morgan fingerprint density at radius 1 is 1.47 bits per heavy atom. The number of rotatable bonds is 2. The summed E-state index contributed by atoms with van der Waals surface area (Å²) in [5, 5.41) is 11.2. The summed E-state index contributed by atoms with van der Waals surface area (Å²) in [5.41, 5.74) is 9.09. The number of nitrogens with one attached hydrogen (secondary N) is 1. The average Bonchev–Trinajstić information content (AvgIpc) is 2.71. The number of aromatic amines is 1. The Balaban J connectivity index is 2.59. The monoisotopic (exact) mass is 285 g/mol. The number of hydrogen-bond donors (Lipinski definition) is 2. The fraction of sp³-hybridized carbons (Fsp3) is 0.300. The number of thiophene rings is 1. The van der Waals surface area contributed by atoms with E-state index < -0.39 is 0 Å². The fourth-order valence-electron chi connectivity index (χ4n) is 1.61. The van der Waals surface area contributed by atoms with Gasteiger partial charge >= 0.3 is 0 Å². The lowest BCUT2D eigenvalue weighted by Gasteiger charge is -2.06. The van der Waals surface area contributed by atoms with Crippen LogP contribution in [-0.4, -0.2) is 10.2 Å². The summed E-state index contributed by atoms with van der Waals surface area (Å²) in [6.45, 7) is 4.23.